The smallest absolute Gasteiger partial charge is 0.160 e. The van der Waals surface area contributed by atoms with Gasteiger partial charge in [0.2, 0.25) is 0 Å². The number of thioether (sulfide) groups is 1. The zero-order valence-corrected chi connectivity index (χ0v) is 16.0. The van der Waals surface area contributed by atoms with Gasteiger partial charge in [0, 0.05) is 29.4 Å². The van der Waals surface area contributed by atoms with Crippen molar-refractivity contribution in [3.8, 4) is 5.75 Å². The molecule has 0 unspecified atom stereocenters. The van der Waals surface area contributed by atoms with Crippen LogP contribution < -0.4 is 10.1 Å². The average molecular weight is 362 g/mol. The Labute approximate surface area is 153 Å². The van der Waals surface area contributed by atoms with Gasteiger partial charge in [-0.1, -0.05) is 0 Å². The number of aromatic amines is 1. The summed E-state index contributed by atoms with van der Waals surface area (Å²) in [5, 5.41) is 4.47. The average Bonchev–Trinajstić information content (AvgIpc) is 3.14. The second-order valence-corrected chi connectivity index (χ2v) is 8.60. The van der Waals surface area contributed by atoms with Crippen molar-refractivity contribution in [1.29, 1.82) is 0 Å². The topological polar surface area (TPSA) is 57.4 Å². The molecule has 136 valence electrons. The summed E-state index contributed by atoms with van der Waals surface area (Å²) in [6.07, 6.45) is 2.92. The fraction of sp³-hybridized carbons (Fsp3) is 0.526. The zero-order valence-electron chi connectivity index (χ0n) is 15.2. The van der Waals surface area contributed by atoms with Gasteiger partial charge in [-0.2, -0.15) is 0 Å². The standard InChI is InChI=1S/C19H27N3O2S/c1-19(2)22(8-9-25-19)13-15(23)12-20-7-6-14-11-21-18-5-4-16(24-3)10-17(14)18/h4-5,10-11,20-21H,6-9,12-13H2,1-3H3. The quantitative estimate of drug-likeness (QED) is 0.708. The normalized spacial score (nSPS) is 17.2. The number of methoxy groups -OCH3 is 1. The number of rotatable bonds is 8. The molecule has 2 heterocycles. The van der Waals surface area contributed by atoms with E-state index in [9.17, 15) is 4.79 Å². The van der Waals surface area contributed by atoms with Gasteiger partial charge in [0.15, 0.2) is 5.78 Å². The molecule has 2 N–H and O–H groups in total. The van der Waals surface area contributed by atoms with E-state index in [0.29, 0.717) is 13.1 Å². The Morgan fingerprint density at radius 1 is 1.44 bits per heavy atom. The van der Waals surface area contributed by atoms with E-state index < -0.39 is 0 Å². The molecule has 1 saturated heterocycles. The van der Waals surface area contributed by atoms with E-state index in [0.717, 1.165) is 36.5 Å². The van der Waals surface area contributed by atoms with Gasteiger partial charge in [-0.05, 0) is 50.6 Å². The van der Waals surface area contributed by atoms with Crippen LogP contribution in [0.2, 0.25) is 0 Å². The summed E-state index contributed by atoms with van der Waals surface area (Å²) in [6.45, 7) is 7.14. The Hall–Kier alpha value is -1.50. The highest BCUT2D eigenvalue weighted by molar-refractivity contribution is 8.00. The lowest BCUT2D eigenvalue weighted by Gasteiger charge is -2.29. The van der Waals surface area contributed by atoms with Crippen molar-refractivity contribution in [2.45, 2.75) is 25.1 Å². The molecule has 25 heavy (non-hydrogen) atoms. The maximum absolute atomic E-state index is 12.2. The van der Waals surface area contributed by atoms with Crippen LogP contribution in [0.1, 0.15) is 19.4 Å². The molecule has 0 amide bonds. The van der Waals surface area contributed by atoms with Crippen LogP contribution in [0.3, 0.4) is 0 Å². The van der Waals surface area contributed by atoms with Gasteiger partial charge in [-0.25, -0.2) is 0 Å². The minimum atomic E-state index is 0.0821. The van der Waals surface area contributed by atoms with Gasteiger partial charge in [-0.15, -0.1) is 11.8 Å². The summed E-state index contributed by atoms with van der Waals surface area (Å²) in [7, 11) is 1.68. The van der Waals surface area contributed by atoms with Gasteiger partial charge < -0.3 is 15.0 Å². The van der Waals surface area contributed by atoms with Crippen LogP contribution in [0.4, 0.5) is 0 Å². The fourth-order valence-corrected chi connectivity index (χ4v) is 4.40. The van der Waals surface area contributed by atoms with Crippen LogP contribution in [-0.4, -0.2) is 59.6 Å². The van der Waals surface area contributed by atoms with Gasteiger partial charge in [-0.3, -0.25) is 9.69 Å². The summed E-state index contributed by atoms with van der Waals surface area (Å²) in [5.74, 6) is 2.23. The summed E-state index contributed by atoms with van der Waals surface area (Å²) >= 11 is 1.92. The number of carbonyl (C=O) groups excluding carboxylic acids is 1. The van der Waals surface area contributed by atoms with Crippen molar-refractivity contribution in [2.75, 3.05) is 39.0 Å². The van der Waals surface area contributed by atoms with Crippen LogP contribution in [0.15, 0.2) is 24.4 Å². The van der Waals surface area contributed by atoms with Crippen molar-refractivity contribution >= 4 is 28.4 Å². The number of benzene rings is 1. The maximum atomic E-state index is 12.2. The Balaban J connectivity index is 1.46. The van der Waals surface area contributed by atoms with Gasteiger partial charge in [0.1, 0.15) is 5.75 Å². The van der Waals surface area contributed by atoms with Gasteiger partial charge in [0.25, 0.3) is 0 Å². The largest absolute Gasteiger partial charge is 0.497 e. The molecule has 0 radical (unpaired) electrons. The molecule has 1 aromatic carbocycles. The summed E-state index contributed by atoms with van der Waals surface area (Å²) in [4.78, 5) is 17.8. The number of ether oxygens (including phenoxy) is 1. The van der Waals surface area contributed by atoms with Crippen LogP contribution in [0.5, 0.6) is 5.75 Å². The molecule has 2 aromatic rings. The number of Topliss-reactive ketones (excluding diaryl/α,β-unsaturated/α-hetero) is 1. The molecule has 1 fully saturated rings. The number of hydrogen-bond donors (Lipinski definition) is 2. The summed E-state index contributed by atoms with van der Waals surface area (Å²) in [6, 6.07) is 6.04. The predicted octanol–water partition coefficient (Wildman–Crippen LogP) is 2.66. The number of nitrogens with zero attached hydrogens (tertiary/aromatic N) is 1. The summed E-state index contributed by atoms with van der Waals surface area (Å²) in [5.41, 5.74) is 2.35. The van der Waals surface area contributed by atoms with E-state index in [-0.39, 0.29) is 10.7 Å². The molecule has 1 aliphatic rings. The first-order valence-corrected chi connectivity index (χ1v) is 9.73. The Morgan fingerprint density at radius 3 is 3.00 bits per heavy atom. The highest BCUT2D eigenvalue weighted by Crippen LogP contribution is 2.34. The molecule has 0 aliphatic carbocycles. The minimum absolute atomic E-state index is 0.0821. The Morgan fingerprint density at radius 2 is 2.28 bits per heavy atom. The molecule has 1 aliphatic heterocycles. The number of aromatic nitrogens is 1. The second kappa shape index (κ2) is 7.81. The number of ketones is 1. The summed E-state index contributed by atoms with van der Waals surface area (Å²) < 4.78 is 5.30. The van der Waals surface area contributed by atoms with Gasteiger partial charge in [0.05, 0.1) is 25.1 Å². The van der Waals surface area contributed by atoms with Crippen molar-refractivity contribution in [2.24, 2.45) is 0 Å². The van der Waals surface area contributed by atoms with E-state index in [1.54, 1.807) is 7.11 Å². The van der Waals surface area contributed by atoms with Crippen molar-refractivity contribution in [3.63, 3.8) is 0 Å². The van der Waals surface area contributed by atoms with Crippen LogP contribution >= 0.6 is 11.8 Å². The zero-order chi connectivity index (χ0) is 17.9. The predicted molar refractivity (Wildman–Crippen MR) is 105 cm³/mol. The molecule has 0 saturated carbocycles. The van der Waals surface area contributed by atoms with Crippen LogP contribution in [-0.2, 0) is 11.2 Å². The molecule has 0 bridgehead atoms. The number of H-pyrrole nitrogens is 1. The first-order valence-electron chi connectivity index (χ1n) is 8.75. The third-order valence-corrected chi connectivity index (χ3v) is 6.16. The molecule has 1 aromatic heterocycles. The SMILES string of the molecule is COc1ccc2[nH]cc(CCNCC(=O)CN3CCSC3(C)C)c2c1. The lowest BCUT2D eigenvalue weighted by atomic mass is 10.1. The molecular weight excluding hydrogens is 334 g/mol. The van der Waals surface area contributed by atoms with E-state index in [1.165, 1.54) is 10.9 Å². The Kier molecular flexibility index (Phi) is 5.71. The molecule has 6 heteroatoms. The van der Waals surface area contributed by atoms with Gasteiger partial charge >= 0.3 is 0 Å². The molecule has 5 nitrogen and oxygen atoms in total. The first kappa shape index (κ1) is 18.3. The number of hydrogen-bond acceptors (Lipinski definition) is 5. The van der Waals surface area contributed by atoms with Crippen LogP contribution in [0.25, 0.3) is 10.9 Å². The number of fused-ring (bicyclic) bond motifs is 1. The highest BCUT2D eigenvalue weighted by atomic mass is 32.2. The van der Waals surface area contributed by atoms with Crippen LogP contribution in [0, 0.1) is 0 Å². The number of carbonyl (C=O) groups is 1. The first-order chi connectivity index (χ1) is 12.0. The van der Waals surface area contributed by atoms with E-state index >= 15 is 0 Å². The van der Waals surface area contributed by atoms with E-state index in [1.807, 2.05) is 30.1 Å². The monoisotopic (exact) mass is 361 g/mol. The minimum Gasteiger partial charge on any atom is -0.497 e. The third kappa shape index (κ3) is 4.37. The lowest BCUT2D eigenvalue weighted by molar-refractivity contribution is -0.119. The maximum Gasteiger partial charge on any atom is 0.160 e. The van der Waals surface area contributed by atoms with Crippen molar-refractivity contribution in [3.05, 3.63) is 30.0 Å². The second-order valence-electron chi connectivity index (χ2n) is 6.91. The van der Waals surface area contributed by atoms with Crippen molar-refractivity contribution in [1.82, 2.24) is 15.2 Å². The fourth-order valence-electron chi connectivity index (χ4n) is 3.25. The molecule has 0 atom stereocenters. The molecule has 3 rings (SSSR count). The third-order valence-electron chi connectivity index (χ3n) is 4.81. The molecule has 0 spiro atoms. The molecular formula is C19H27N3O2S. The Bertz CT molecular complexity index is 741. The highest BCUT2D eigenvalue weighted by Gasteiger charge is 2.33. The van der Waals surface area contributed by atoms with E-state index in [4.69, 9.17) is 4.74 Å². The number of nitrogens with one attached hydrogen (secondary N) is 2. The van der Waals surface area contributed by atoms with E-state index in [2.05, 4.69) is 35.1 Å². The lowest BCUT2D eigenvalue weighted by Crippen LogP contribution is -2.42. The van der Waals surface area contributed by atoms with Crippen molar-refractivity contribution < 1.29 is 9.53 Å².